The van der Waals surface area contributed by atoms with Crippen molar-refractivity contribution in [1.82, 2.24) is 0 Å². The fourth-order valence-electron chi connectivity index (χ4n) is 1.76. The highest BCUT2D eigenvalue weighted by molar-refractivity contribution is 7.80. The lowest BCUT2D eigenvalue weighted by atomic mass is 9.83. The highest BCUT2D eigenvalue weighted by Crippen LogP contribution is 2.32. The van der Waals surface area contributed by atoms with Gasteiger partial charge >= 0.3 is 5.97 Å². The average Bonchev–Trinajstić information content (AvgIpc) is 2.41. The SMILES string of the molecule is CC(C)(C)c1cccc2c1C(=O)OC2=S. The minimum Gasteiger partial charge on any atom is -0.410 e. The summed E-state index contributed by atoms with van der Waals surface area (Å²) in [5.41, 5.74) is 2.30. The zero-order valence-corrected chi connectivity index (χ0v) is 9.77. The summed E-state index contributed by atoms with van der Waals surface area (Å²) in [4.78, 5) is 11.6. The van der Waals surface area contributed by atoms with Crippen molar-refractivity contribution in [3.63, 3.8) is 0 Å². The van der Waals surface area contributed by atoms with Crippen LogP contribution in [0.15, 0.2) is 18.2 Å². The Balaban J connectivity index is 2.71. The Morgan fingerprint density at radius 3 is 2.53 bits per heavy atom. The van der Waals surface area contributed by atoms with Gasteiger partial charge in [-0.25, -0.2) is 4.79 Å². The molecule has 1 heterocycles. The average molecular weight is 220 g/mol. The smallest absolute Gasteiger partial charge is 0.345 e. The molecule has 0 N–H and O–H groups in total. The van der Waals surface area contributed by atoms with Gasteiger partial charge in [0.05, 0.1) is 5.56 Å². The minimum absolute atomic E-state index is 0.0791. The van der Waals surface area contributed by atoms with E-state index in [4.69, 9.17) is 17.0 Å². The summed E-state index contributed by atoms with van der Waals surface area (Å²) in [6, 6.07) is 5.69. The van der Waals surface area contributed by atoms with Crippen LogP contribution in [0.5, 0.6) is 0 Å². The van der Waals surface area contributed by atoms with Crippen LogP contribution in [0.4, 0.5) is 0 Å². The Labute approximate surface area is 94.2 Å². The normalized spacial score (nSPS) is 15.1. The zero-order chi connectivity index (χ0) is 11.2. The largest absolute Gasteiger partial charge is 0.410 e. The van der Waals surface area contributed by atoms with Gasteiger partial charge in [-0.3, -0.25) is 0 Å². The maximum absolute atomic E-state index is 11.6. The van der Waals surface area contributed by atoms with Gasteiger partial charge in [0.25, 0.3) is 0 Å². The van der Waals surface area contributed by atoms with Crippen LogP contribution in [0.25, 0.3) is 0 Å². The van der Waals surface area contributed by atoms with E-state index in [0.717, 1.165) is 11.1 Å². The molecule has 1 aromatic rings. The fraction of sp³-hybridized carbons (Fsp3) is 0.333. The number of benzene rings is 1. The first kappa shape index (κ1) is 10.3. The molecule has 0 bridgehead atoms. The van der Waals surface area contributed by atoms with Gasteiger partial charge in [-0.05, 0) is 29.3 Å². The van der Waals surface area contributed by atoms with Gasteiger partial charge in [0.2, 0.25) is 5.05 Å². The van der Waals surface area contributed by atoms with Gasteiger partial charge in [0.15, 0.2) is 0 Å². The van der Waals surface area contributed by atoms with E-state index in [0.29, 0.717) is 10.6 Å². The molecule has 3 heteroatoms. The third-order valence-electron chi connectivity index (χ3n) is 2.48. The Morgan fingerprint density at radius 1 is 1.27 bits per heavy atom. The van der Waals surface area contributed by atoms with Gasteiger partial charge in [0.1, 0.15) is 0 Å². The molecule has 1 aromatic carbocycles. The monoisotopic (exact) mass is 220 g/mol. The van der Waals surface area contributed by atoms with Crippen LogP contribution >= 0.6 is 12.2 Å². The lowest BCUT2D eigenvalue weighted by Gasteiger charge is -2.20. The number of ether oxygens (including phenoxy) is 1. The van der Waals surface area contributed by atoms with Crippen LogP contribution in [-0.2, 0) is 10.2 Å². The number of thiocarbonyl (C=S) groups is 1. The standard InChI is InChI=1S/C12H12O2S/c1-12(2,3)8-6-4-5-7-9(8)10(13)14-11(7)15/h4-6H,1-3H3. The van der Waals surface area contributed by atoms with Crippen LogP contribution in [-0.4, -0.2) is 11.0 Å². The van der Waals surface area contributed by atoms with E-state index in [-0.39, 0.29) is 11.4 Å². The maximum atomic E-state index is 11.6. The molecule has 1 aliphatic rings. The molecule has 0 aliphatic carbocycles. The maximum Gasteiger partial charge on any atom is 0.345 e. The van der Waals surface area contributed by atoms with E-state index < -0.39 is 0 Å². The third-order valence-corrected chi connectivity index (χ3v) is 2.79. The molecule has 0 saturated carbocycles. The molecular weight excluding hydrogens is 208 g/mol. The van der Waals surface area contributed by atoms with E-state index in [1.54, 1.807) is 0 Å². The van der Waals surface area contributed by atoms with E-state index in [1.807, 2.05) is 18.2 Å². The number of hydrogen-bond acceptors (Lipinski definition) is 3. The molecule has 0 unspecified atom stereocenters. The molecular formula is C12H12O2S. The number of carbonyl (C=O) groups is 1. The predicted molar refractivity (Wildman–Crippen MR) is 62.3 cm³/mol. The van der Waals surface area contributed by atoms with Crippen LogP contribution in [0.3, 0.4) is 0 Å². The second-order valence-corrected chi connectivity index (χ2v) is 5.03. The number of fused-ring (bicyclic) bond motifs is 1. The molecule has 1 aliphatic heterocycles. The molecule has 0 saturated heterocycles. The van der Waals surface area contributed by atoms with Crippen molar-refractivity contribution < 1.29 is 9.53 Å². The van der Waals surface area contributed by atoms with Gasteiger partial charge in [-0.1, -0.05) is 32.9 Å². The summed E-state index contributed by atoms with van der Waals surface area (Å²) < 4.78 is 4.96. The Bertz CT molecular complexity index is 455. The van der Waals surface area contributed by atoms with Crippen molar-refractivity contribution in [2.45, 2.75) is 26.2 Å². The summed E-state index contributed by atoms with van der Waals surface area (Å²) in [6.07, 6.45) is 0. The Hall–Kier alpha value is -1.22. The second kappa shape index (κ2) is 3.14. The van der Waals surface area contributed by atoms with Crippen LogP contribution in [0.1, 0.15) is 42.3 Å². The third kappa shape index (κ3) is 1.57. The summed E-state index contributed by atoms with van der Waals surface area (Å²) in [7, 11) is 0. The summed E-state index contributed by atoms with van der Waals surface area (Å²) in [5.74, 6) is -0.319. The van der Waals surface area contributed by atoms with Crippen molar-refractivity contribution in [3.8, 4) is 0 Å². The summed E-state index contributed by atoms with van der Waals surface area (Å²) in [6.45, 7) is 6.20. The molecule has 0 radical (unpaired) electrons. The Morgan fingerprint density at radius 2 is 1.93 bits per heavy atom. The molecule has 0 spiro atoms. The van der Waals surface area contributed by atoms with E-state index in [2.05, 4.69) is 20.8 Å². The number of cyclic esters (lactones) is 1. The predicted octanol–water partition coefficient (Wildman–Crippen LogP) is 2.83. The molecule has 15 heavy (non-hydrogen) atoms. The molecule has 0 aromatic heterocycles. The first-order chi connectivity index (χ1) is 6.91. The van der Waals surface area contributed by atoms with E-state index >= 15 is 0 Å². The molecule has 0 amide bonds. The van der Waals surface area contributed by atoms with Crippen LogP contribution < -0.4 is 0 Å². The highest BCUT2D eigenvalue weighted by atomic mass is 32.1. The van der Waals surface area contributed by atoms with Crippen molar-refractivity contribution in [2.75, 3.05) is 0 Å². The van der Waals surface area contributed by atoms with Gasteiger partial charge in [0, 0.05) is 5.56 Å². The zero-order valence-electron chi connectivity index (χ0n) is 8.96. The summed E-state index contributed by atoms with van der Waals surface area (Å²) in [5, 5.41) is 0.293. The van der Waals surface area contributed by atoms with Crippen molar-refractivity contribution in [1.29, 1.82) is 0 Å². The summed E-state index contributed by atoms with van der Waals surface area (Å²) >= 11 is 4.99. The first-order valence-electron chi connectivity index (χ1n) is 4.81. The van der Waals surface area contributed by atoms with Crippen molar-refractivity contribution in [2.24, 2.45) is 0 Å². The topological polar surface area (TPSA) is 26.3 Å². The van der Waals surface area contributed by atoms with Gasteiger partial charge in [-0.2, -0.15) is 0 Å². The molecule has 0 atom stereocenters. The minimum atomic E-state index is -0.319. The van der Waals surface area contributed by atoms with E-state index in [1.165, 1.54) is 0 Å². The van der Waals surface area contributed by atoms with Crippen LogP contribution in [0, 0.1) is 0 Å². The van der Waals surface area contributed by atoms with Crippen molar-refractivity contribution >= 4 is 23.2 Å². The second-order valence-electron chi connectivity index (χ2n) is 4.66. The lowest BCUT2D eigenvalue weighted by molar-refractivity contribution is 0.0739. The number of hydrogen-bond donors (Lipinski definition) is 0. The number of esters is 1. The van der Waals surface area contributed by atoms with E-state index in [9.17, 15) is 4.79 Å². The van der Waals surface area contributed by atoms with Gasteiger partial charge < -0.3 is 4.74 Å². The molecule has 78 valence electrons. The molecule has 0 fully saturated rings. The molecule has 2 rings (SSSR count). The molecule has 2 nitrogen and oxygen atoms in total. The van der Waals surface area contributed by atoms with Crippen LogP contribution in [0.2, 0.25) is 0 Å². The van der Waals surface area contributed by atoms with Gasteiger partial charge in [-0.15, -0.1) is 0 Å². The number of rotatable bonds is 0. The number of carbonyl (C=O) groups excluding carboxylic acids is 1. The lowest BCUT2D eigenvalue weighted by Crippen LogP contribution is -2.16. The highest BCUT2D eigenvalue weighted by Gasteiger charge is 2.32. The Kier molecular flexibility index (Phi) is 2.15. The first-order valence-corrected chi connectivity index (χ1v) is 5.22. The van der Waals surface area contributed by atoms with Crippen molar-refractivity contribution in [3.05, 3.63) is 34.9 Å². The quantitative estimate of drug-likeness (QED) is 0.497. The fourth-order valence-corrected chi connectivity index (χ4v) is 2.00.